The van der Waals surface area contributed by atoms with Crippen LogP contribution < -0.4 is 0 Å². The minimum Gasteiger partial charge on any atom is -0.320 e. The second kappa shape index (κ2) is 19.3. The molecule has 186 valence electrons. The number of hydrogen-bond donors (Lipinski definition) is 1. The van der Waals surface area contributed by atoms with Crippen molar-refractivity contribution >= 4 is 7.60 Å². The summed E-state index contributed by atoms with van der Waals surface area (Å²) >= 11 is 0. The molecule has 0 aliphatic rings. The van der Waals surface area contributed by atoms with E-state index in [-0.39, 0.29) is 5.78 Å². The average Bonchev–Trinajstić information content (AvgIpc) is 2.70. The van der Waals surface area contributed by atoms with E-state index >= 15 is 0 Å². The smallest absolute Gasteiger partial charge is 0.320 e. The molecule has 0 saturated carbocycles. The Balaban J connectivity index is 3.57. The fourth-order valence-electron chi connectivity index (χ4n) is 4.05. The van der Waals surface area contributed by atoms with Gasteiger partial charge in [-0.2, -0.15) is 0 Å². The second-order valence-corrected chi connectivity index (χ2v) is 12.1. The topological polar surface area (TPSA) is 46.5 Å². The van der Waals surface area contributed by atoms with Gasteiger partial charge in [0.25, 0.3) is 0 Å². The van der Waals surface area contributed by atoms with Crippen LogP contribution in [0.3, 0.4) is 0 Å². The predicted octanol–water partition coefficient (Wildman–Crippen LogP) is 8.45. The van der Waals surface area contributed by atoms with E-state index in [9.17, 15) is 9.46 Å². The van der Waals surface area contributed by atoms with E-state index < -0.39 is 7.60 Å². The highest BCUT2D eigenvalue weighted by atomic mass is 31.2. The Morgan fingerprint density at radius 3 is 1.65 bits per heavy atom. The summed E-state index contributed by atoms with van der Waals surface area (Å²) in [4.78, 5) is 10.4. The van der Waals surface area contributed by atoms with Crippen LogP contribution in [0.25, 0.3) is 0 Å². The summed E-state index contributed by atoms with van der Waals surface area (Å²) in [5, 5.41) is 0. The highest BCUT2D eigenvalue weighted by Gasteiger charge is 2.41. The Bertz CT molecular complexity index is 474. The van der Waals surface area contributed by atoms with Crippen LogP contribution in [0.15, 0.2) is 12.2 Å². The van der Waals surface area contributed by atoms with E-state index in [2.05, 4.69) is 26.0 Å². The fraction of sp³-hybridized carbons (Fsp3) is 0.923. The molecule has 0 aromatic rings. The first kappa shape index (κ1) is 30.9. The Hall–Kier alpha value is -0.150. The van der Waals surface area contributed by atoms with Crippen LogP contribution in [0, 0.1) is 0 Å². The molecule has 4 nitrogen and oxygen atoms in total. The van der Waals surface area contributed by atoms with Gasteiger partial charge in [-0.3, -0.25) is 4.57 Å². The number of rotatable bonds is 22. The van der Waals surface area contributed by atoms with E-state index in [1.165, 1.54) is 83.5 Å². The third kappa shape index (κ3) is 18.0. The number of quaternary nitrogens is 1. The van der Waals surface area contributed by atoms with E-state index in [1.54, 1.807) is 0 Å². The lowest BCUT2D eigenvalue weighted by atomic mass is 10.1. The summed E-state index contributed by atoms with van der Waals surface area (Å²) in [5.41, 5.74) is 0. The molecule has 5 heteroatoms. The Morgan fingerprint density at radius 2 is 1.19 bits per heavy atom. The van der Waals surface area contributed by atoms with Crippen LogP contribution in [0.1, 0.15) is 123 Å². The molecule has 0 aliphatic carbocycles. The summed E-state index contributed by atoms with van der Waals surface area (Å²) in [5.74, 6) is -0.336. The highest BCUT2D eigenvalue weighted by Crippen LogP contribution is 2.51. The van der Waals surface area contributed by atoms with Crippen LogP contribution in [0.2, 0.25) is 0 Å². The number of allylic oxidation sites excluding steroid dienone is 2. The molecule has 0 heterocycles. The highest BCUT2D eigenvalue weighted by molar-refractivity contribution is 7.53. The summed E-state index contributed by atoms with van der Waals surface area (Å²) in [6.07, 6.45) is 25.4. The maximum absolute atomic E-state index is 12.6. The van der Waals surface area contributed by atoms with E-state index in [4.69, 9.17) is 4.52 Å². The van der Waals surface area contributed by atoms with Crippen molar-refractivity contribution in [2.24, 2.45) is 0 Å². The van der Waals surface area contributed by atoms with Crippen molar-refractivity contribution in [2.75, 3.05) is 27.7 Å². The summed E-state index contributed by atoms with van der Waals surface area (Å²) in [7, 11) is 2.34. The third-order valence-corrected chi connectivity index (χ3v) is 8.26. The van der Waals surface area contributed by atoms with Crippen LogP contribution in [-0.2, 0) is 9.09 Å². The molecule has 0 aromatic carbocycles. The summed E-state index contributed by atoms with van der Waals surface area (Å²) < 4.78 is 18.6. The summed E-state index contributed by atoms with van der Waals surface area (Å²) in [6.45, 7) is 4.72. The van der Waals surface area contributed by atoms with Gasteiger partial charge in [-0.1, -0.05) is 90.2 Å². The van der Waals surface area contributed by atoms with Crippen molar-refractivity contribution in [2.45, 2.75) is 129 Å². The Labute approximate surface area is 195 Å². The molecular weight excluding hydrogens is 405 g/mol. The van der Waals surface area contributed by atoms with Gasteiger partial charge in [-0.25, -0.2) is 0 Å². The predicted molar refractivity (Wildman–Crippen MR) is 137 cm³/mol. The van der Waals surface area contributed by atoms with E-state index in [0.717, 1.165) is 19.3 Å². The van der Waals surface area contributed by atoms with Crippen molar-refractivity contribution in [3.8, 4) is 0 Å². The minimum atomic E-state index is -3.57. The number of unbranched alkanes of at least 4 members (excludes halogenated alkanes) is 13. The fourth-order valence-corrected chi connectivity index (χ4v) is 6.08. The first-order valence-electron chi connectivity index (χ1n) is 13.2. The third-order valence-electron chi connectivity index (χ3n) is 6.00. The molecule has 0 aromatic heterocycles. The molecule has 0 fully saturated rings. The van der Waals surface area contributed by atoms with Crippen LogP contribution in [0.4, 0.5) is 0 Å². The van der Waals surface area contributed by atoms with Crippen molar-refractivity contribution < 1.29 is 18.5 Å². The van der Waals surface area contributed by atoms with Crippen molar-refractivity contribution in [3.63, 3.8) is 0 Å². The standard InChI is InChI=1S/C26H54NO3P/c1-6-8-9-10-11-12-13-14-15-16-17-18-19-20-21-22-23-25-30-31(28,29)26(24-7-2)27(3,4)5/h14-15,26H,6-13,16-25H2,1-5H3/p+1. The maximum atomic E-state index is 12.6. The first-order chi connectivity index (χ1) is 14.8. The average molecular weight is 461 g/mol. The molecule has 2 atom stereocenters. The second-order valence-electron chi connectivity index (χ2n) is 10.1. The number of nitrogens with zero attached hydrogens (tertiary/aromatic N) is 1. The van der Waals surface area contributed by atoms with Gasteiger partial charge in [-0.05, 0) is 38.5 Å². The molecule has 0 spiro atoms. The molecule has 0 saturated heterocycles. The van der Waals surface area contributed by atoms with E-state index in [0.29, 0.717) is 17.5 Å². The molecule has 0 radical (unpaired) electrons. The van der Waals surface area contributed by atoms with Gasteiger partial charge < -0.3 is 13.9 Å². The normalized spacial score (nSPS) is 15.4. The molecule has 31 heavy (non-hydrogen) atoms. The molecule has 0 bridgehead atoms. The number of hydrogen-bond acceptors (Lipinski definition) is 2. The Kier molecular flexibility index (Phi) is 19.2. The maximum Gasteiger partial charge on any atom is 0.385 e. The molecule has 1 N–H and O–H groups in total. The first-order valence-corrected chi connectivity index (χ1v) is 14.8. The van der Waals surface area contributed by atoms with Gasteiger partial charge in [0.1, 0.15) is 0 Å². The molecule has 0 rings (SSSR count). The van der Waals surface area contributed by atoms with Gasteiger partial charge in [-0.15, -0.1) is 0 Å². The lowest BCUT2D eigenvalue weighted by molar-refractivity contribution is -0.883. The van der Waals surface area contributed by atoms with Crippen LogP contribution >= 0.6 is 7.60 Å². The van der Waals surface area contributed by atoms with Gasteiger partial charge in [0, 0.05) is 6.42 Å². The monoisotopic (exact) mass is 460 g/mol. The largest absolute Gasteiger partial charge is 0.385 e. The lowest BCUT2D eigenvalue weighted by Crippen LogP contribution is -2.45. The summed E-state index contributed by atoms with van der Waals surface area (Å²) in [6, 6.07) is 0. The quantitative estimate of drug-likeness (QED) is 0.0763. The van der Waals surface area contributed by atoms with Crippen molar-refractivity contribution in [1.29, 1.82) is 0 Å². The molecule has 2 unspecified atom stereocenters. The zero-order valence-electron chi connectivity index (χ0n) is 21.6. The lowest BCUT2D eigenvalue weighted by Gasteiger charge is -2.35. The van der Waals surface area contributed by atoms with Crippen molar-refractivity contribution in [3.05, 3.63) is 12.2 Å². The van der Waals surface area contributed by atoms with Gasteiger partial charge in [0.15, 0.2) is 5.78 Å². The zero-order chi connectivity index (χ0) is 23.4. The molecule has 0 amide bonds. The minimum absolute atomic E-state index is 0.336. The Morgan fingerprint density at radius 1 is 0.742 bits per heavy atom. The van der Waals surface area contributed by atoms with Gasteiger partial charge in [0.05, 0.1) is 27.7 Å². The molecule has 0 aliphatic heterocycles. The van der Waals surface area contributed by atoms with Crippen LogP contribution in [0.5, 0.6) is 0 Å². The van der Waals surface area contributed by atoms with Crippen LogP contribution in [-0.4, -0.2) is 42.9 Å². The van der Waals surface area contributed by atoms with Gasteiger partial charge in [0.2, 0.25) is 0 Å². The zero-order valence-corrected chi connectivity index (χ0v) is 22.5. The van der Waals surface area contributed by atoms with E-state index in [1.807, 2.05) is 21.1 Å². The van der Waals surface area contributed by atoms with Crippen molar-refractivity contribution in [1.82, 2.24) is 0 Å². The molecular formula is C26H55NO3P+. The SMILES string of the molecule is CCCCCCCCC=CCCCCCCCCCOP(=O)(O)C(CCC)[N+](C)(C)C. The van der Waals surface area contributed by atoms with Gasteiger partial charge >= 0.3 is 7.60 Å².